The summed E-state index contributed by atoms with van der Waals surface area (Å²) in [4.78, 5) is 1.22. The van der Waals surface area contributed by atoms with E-state index >= 15 is 0 Å². The Labute approximate surface area is 200 Å². The quantitative estimate of drug-likeness (QED) is 0.121. The molecule has 2 rings (SSSR count). The van der Waals surface area contributed by atoms with Gasteiger partial charge in [0.25, 0.3) is 0 Å². The molecule has 0 saturated carbocycles. The molecule has 0 spiro atoms. The van der Waals surface area contributed by atoms with Gasteiger partial charge in [0.15, 0.2) is 0 Å². The number of hydrogen-bond donors (Lipinski definition) is 0. The summed E-state index contributed by atoms with van der Waals surface area (Å²) >= 11 is 0. The van der Waals surface area contributed by atoms with Crippen molar-refractivity contribution in [2.75, 3.05) is 0 Å². The van der Waals surface area contributed by atoms with Gasteiger partial charge in [0.1, 0.15) is 20.2 Å². The van der Waals surface area contributed by atoms with Crippen LogP contribution in [0.1, 0.15) is 11.1 Å². The van der Waals surface area contributed by atoms with E-state index in [1.54, 1.807) is 0 Å². The zero-order valence-electron chi connectivity index (χ0n) is 14.3. The van der Waals surface area contributed by atoms with Gasteiger partial charge in [-0.15, -0.1) is 0 Å². The molecule has 0 atom stereocenters. The van der Waals surface area contributed by atoms with Crippen molar-refractivity contribution in [1.82, 2.24) is 0 Å². The molecule has 0 aliphatic rings. The summed E-state index contributed by atoms with van der Waals surface area (Å²) in [5, 5.41) is 3.17. The monoisotopic (exact) mass is 425 g/mol. The molecule has 0 unspecified atom stereocenters. The minimum absolute atomic E-state index is 0. The van der Waals surface area contributed by atoms with Crippen LogP contribution in [-0.2, 0) is 20.2 Å². The van der Waals surface area contributed by atoms with Crippen molar-refractivity contribution in [3.63, 3.8) is 0 Å². The van der Waals surface area contributed by atoms with Crippen LogP contribution in [0.25, 0.3) is 22.6 Å². The van der Waals surface area contributed by atoms with Gasteiger partial charge in [-0.25, -0.2) is 16.8 Å². The Balaban J connectivity index is 0.00000338. The number of benzene rings is 2. The van der Waals surface area contributed by atoms with Crippen LogP contribution in [0.3, 0.4) is 0 Å². The fraction of sp³-hybridized carbons (Fsp3) is 0. The van der Waals surface area contributed by atoms with Crippen LogP contribution < -0.4 is 59.1 Å². The minimum Gasteiger partial charge on any atom is -0.744 e. The topological polar surface area (TPSA) is 163 Å². The van der Waals surface area contributed by atoms with Crippen LogP contribution in [0.4, 0.5) is 5.69 Å². The average Bonchev–Trinajstić information content (AvgIpc) is 2.51. The van der Waals surface area contributed by atoms with E-state index in [4.69, 9.17) is 5.53 Å². The van der Waals surface area contributed by atoms with Gasteiger partial charge >= 0.3 is 59.1 Å². The molecule has 2 aromatic rings. The van der Waals surface area contributed by atoms with Gasteiger partial charge in [0.2, 0.25) is 0 Å². The third kappa shape index (κ3) is 7.00. The van der Waals surface area contributed by atoms with E-state index in [9.17, 15) is 25.9 Å². The van der Waals surface area contributed by atoms with Crippen molar-refractivity contribution in [2.45, 2.75) is 9.79 Å². The predicted octanol–water partition coefficient (Wildman–Crippen LogP) is -3.38. The summed E-state index contributed by atoms with van der Waals surface area (Å²) in [7, 11) is -9.72. The predicted molar refractivity (Wildman–Crippen MR) is 86.5 cm³/mol. The molecule has 0 radical (unpaired) electrons. The molecule has 0 bridgehead atoms. The van der Waals surface area contributed by atoms with E-state index in [1.807, 2.05) is 0 Å². The Kier molecular flexibility index (Phi) is 10.5. The third-order valence-corrected chi connectivity index (χ3v) is 4.91. The number of azide groups is 1. The van der Waals surface area contributed by atoms with E-state index in [2.05, 4.69) is 10.0 Å². The van der Waals surface area contributed by atoms with Gasteiger partial charge in [-0.2, -0.15) is 0 Å². The molecule has 130 valence electrons. The fourth-order valence-electron chi connectivity index (χ4n) is 2.10. The minimum atomic E-state index is -4.98. The Bertz CT molecular complexity index is 1110. The zero-order valence-corrected chi connectivity index (χ0v) is 19.9. The fourth-order valence-corrected chi connectivity index (χ4v) is 3.56. The van der Waals surface area contributed by atoms with Crippen molar-refractivity contribution in [2.24, 2.45) is 5.11 Å². The second-order valence-corrected chi connectivity index (χ2v) is 7.33. The number of hydrogen-bond acceptors (Lipinski definition) is 7. The summed E-state index contributed by atoms with van der Waals surface area (Å²) in [6.07, 6.45) is 2.32. The molecule has 9 nitrogen and oxygen atoms in total. The molecule has 27 heavy (non-hydrogen) atoms. The summed E-state index contributed by atoms with van der Waals surface area (Å²) in [5.74, 6) is 0. The maximum Gasteiger partial charge on any atom is 1.00 e. The van der Waals surface area contributed by atoms with Crippen LogP contribution >= 0.6 is 0 Å². The van der Waals surface area contributed by atoms with Gasteiger partial charge in [0.05, 0.1) is 15.5 Å². The molecule has 2 aromatic carbocycles. The molecule has 0 fully saturated rings. The molecule has 13 heteroatoms. The van der Waals surface area contributed by atoms with Gasteiger partial charge < -0.3 is 9.11 Å². The first kappa shape index (κ1) is 26.3. The van der Waals surface area contributed by atoms with Crippen molar-refractivity contribution >= 4 is 38.1 Å². The molecule has 0 aromatic heterocycles. The van der Waals surface area contributed by atoms with Crippen LogP contribution in [0.5, 0.6) is 0 Å². The summed E-state index contributed by atoms with van der Waals surface area (Å²) in [5.41, 5.74) is 7.99. The zero-order chi connectivity index (χ0) is 18.7. The normalized spacial score (nSPS) is 11.2. The van der Waals surface area contributed by atoms with E-state index in [0.717, 1.165) is 18.2 Å². The summed E-state index contributed by atoms with van der Waals surface area (Å²) in [6.45, 7) is 0. The Morgan fingerprint density at radius 1 is 0.852 bits per heavy atom. The molecule has 0 N–H and O–H groups in total. The van der Waals surface area contributed by atoms with Crippen LogP contribution in [-0.4, -0.2) is 25.9 Å². The van der Waals surface area contributed by atoms with Gasteiger partial charge in [-0.05, 0) is 22.7 Å². The first-order chi connectivity index (χ1) is 11.6. The second-order valence-electron chi connectivity index (χ2n) is 4.66. The molecule has 0 heterocycles. The maximum atomic E-state index is 11.5. The van der Waals surface area contributed by atoms with Crippen LogP contribution in [0, 0.1) is 0 Å². The van der Waals surface area contributed by atoms with Crippen LogP contribution in [0.15, 0.2) is 57.4 Å². The number of nitrogens with zero attached hydrogens (tertiary/aromatic N) is 3. The smallest absolute Gasteiger partial charge is 0.744 e. The van der Waals surface area contributed by atoms with Crippen molar-refractivity contribution in [3.8, 4) is 0 Å². The van der Waals surface area contributed by atoms with E-state index in [1.165, 1.54) is 36.4 Å². The third-order valence-electron chi connectivity index (χ3n) is 3.06. The van der Waals surface area contributed by atoms with Gasteiger partial charge in [-0.3, -0.25) is 0 Å². The van der Waals surface area contributed by atoms with Crippen molar-refractivity contribution < 1.29 is 85.1 Å². The van der Waals surface area contributed by atoms with Crippen molar-refractivity contribution in [3.05, 3.63) is 64.0 Å². The van der Waals surface area contributed by atoms with E-state index in [0.29, 0.717) is 0 Å². The van der Waals surface area contributed by atoms with E-state index in [-0.39, 0.29) is 75.9 Å². The van der Waals surface area contributed by atoms with Gasteiger partial charge in [-0.1, -0.05) is 53.7 Å². The Hall–Kier alpha value is -0.690. The SMILES string of the molecule is [N-]=[N+]=Nc1cccc(C=Cc2ccccc2S(=O)(=O)[O-])c1S(=O)(=O)[O-].[Na+].[Na+]. The first-order valence-electron chi connectivity index (χ1n) is 6.51. The molecule has 0 amide bonds. The molecular weight excluding hydrogens is 416 g/mol. The largest absolute Gasteiger partial charge is 1.00 e. The Morgan fingerprint density at radius 3 is 1.96 bits per heavy atom. The van der Waals surface area contributed by atoms with Crippen molar-refractivity contribution in [1.29, 1.82) is 0 Å². The molecule has 0 saturated heterocycles. The Morgan fingerprint density at radius 2 is 1.41 bits per heavy atom. The molecule has 0 aliphatic carbocycles. The maximum absolute atomic E-state index is 11.5. The summed E-state index contributed by atoms with van der Waals surface area (Å²) < 4.78 is 68.1. The van der Waals surface area contributed by atoms with E-state index < -0.39 is 30.0 Å². The standard InChI is InChI=1S/C14H11N3O6S2.2Na/c15-17-16-12-6-3-5-11(14(12)25(21,22)23)9-8-10-4-1-2-7-13(10)24(18,19)20;;/h1-9H,(H,18,19,20)(H,21,22,23);;/q;2*+1/p-2. The molecular formula is C14H9N3Na2O6S2. The molecule has 0 aliphatic heterocycles. The average molecular weight is 425 g/mol. The van der Waals surface area contributed by atoms with Crippen LogP contribution in [0.2, 0.25) is 0 Å². The van der Waals surface area contributed by atoms with Gasteiger partial charge in [0, 0.05) is 4.91 Å². The summed E-state index contributed by atoms with van der Waals surface area (Å²) in [6, 6.07) is 9.06. The number of rotatable bonds is 5. The second kappa shape index (κ2) is 10.7. The first-order valence-corrected chi connectivity index (χ1v) is 9.33.